The third-order valence-electron chi connectivity index (χ3n) is 5.77. The highest BCUT2D eigenvalue weighted by atomic mass is 16.4. The fraction of sp³-hybridized carbons (Fsp3) is 0.773. The highest BCUT2D eigenvalue weighted by molar-refractivity contribution is 5.90. The van der Waals surface area contributed by atoms with E-state index < -0.39 is 11.1 Å². The Bertz CT molecular complexity index is 590. The maximum Gasteiger partial charge on any atom is 0.220 e. The van der Waals surface area contributed by atoms with Crippen LogP contribution in [0.5, 0.6) is 0 Å². The van der Waals surface area contributed by atoms with E-state index in [0.29, 0.717) is 36.9 Å². The molecule has 5 N–H and O–H groups in total. The normalized spacial score (nSPS) is 13.8. The summed E-state index contributed by atoms with van der Waals surface area (Å²) in [7, 11) is 0. The predicted molar refractivity (Wildman–Crippen MR) is 124 cm³/mol. The van der Waals surface area contributed by atoms with E-state index in [1.807, 2.05) is 27.7 Å². The van der Waals surface area contributed by atoms with Gasteiger partial charge in [0, 0.05) is 19.5 Å². The van der Waals surface area contributed by atoms with Crippen molar-refractivity contribution in [2.24, 2.45) is 16.2 Å². The molecule has 1 amide bonds. The minimum Gasteiger partial charge on any atom is -0.411 e. The zero-order chi connectivity index (χ0) is 23.5. The largest absolute Gasteiger partial charge is 0.411 e. The summed E-state index contributed by atoms with van der Waals surface area (Å²) >= 11 is 0. The fourth-order valence-electron chi connectivity index (χ4n) is 2.50. The van der Waals surface area contributed by atoms with Crippen molar-refractivity contribution in [3.05, 3.63) is 12.2 Å². The Balaban J connectivity index is 5.01. The van der Waals surface area contributed by atoms with Gasteiger partial charge in [0.25, 0.3) is 0 Å². The zero-order valence-electron chi connectivity index (χ0n) is 20.1. The van der Waals surface area contributed by atoms with Gasteiger partial charge >= 0.3 is 0 Å². The number of nitrogens with zero attached hydrogens (tertiary/aromatic N) is 2. The number of rotatable bonds is 14. The van der Waals surface area contributed by atoms with Crippen LogP contribution in [0.1, 0.15) is 74.7 Å². The van der Waals surface area contributed by atoms with Gasteiger partial charge in [-0.05, 0) is 60.3 Å². The monoisotopic (exact) mass is 425 g/mol. The van der Waals surface area contributed by atoms with E-state index in [2.05, 4.69) is 46.7 Å². The lowest BCUT2D eigenvalue weighted by Gasteiger charge is -2.32. The number of nitrogens with one attached hydrogen (secondary N) is 3. The second kappa shape index (κ2) is 12.7. The molecule has 0 aliphatic heterocycles. The molecule has 0 aliphatic carbocycles. The highest BCUT2D eigenvalue weighted by Gasteiger charge is 2.26. The second-order valence-electron chi connectivity index (χ2n) is 9.31. The van der Waals surface area contributed by atoms with E-state index in [1.54, 1.807) is 13.8 Å². The van der Waals surface area contributed by atoms with Gasteiger partial charge in [0.1, 0.15) is 0 Å². The molecule has 0 saturated heterocycles. The molecule has 0 spiro atoms. The number of oxime groups is 2. The first-order chi connectivity index (χ1) is 13.8. The van der Waals surface area contributed by atoms with Crippen LogP contribution in [0.2, 0.25) is 0 Å². The third-order valence-corrected chi connectivity index (χ3v) is 5.77. The smallest absolute Gasteiger partial charge is 0.220 e. The van der Waals surface area contributed by atoms with Gasteiger partial charge in [-0.15, -0.1) is 0 Å². The number of hydrogen-bond donors (Lipinski definition) is 5. The van der Waals surface area contributed by atoms with Gasteiger partial charge in [-0.1, -0.05) is 36.3 Å². The lowest BCUT2D eigenvalue weighted by Crippen LogP contribution is -2.57. The van der Waals surface area contributed by atoms with Crippen LogP contribution in [0, 0.1) is 5.92 Å². The van der Waals surface area contributed by atoms with E-state index in [0.717, 1.165) is 18.4 Å². The molecule has 0 aromatic rings. The van der Waals surface area contributed by atoms with Gasteiger partial charge in [0.15, 0.2) is 0 Å². The molecule has 0 radical (unpaired) electrons. The van der Waals surface area contributed by atoms with Crippen LogP contribution < -0.4 is 16.0 Å². The average molecular weight is 426 g/mol. The molecule has 8 heteroatoms. The lowest BCUT2D eigenvalue weighted by molar-refractivity contribution is -0.121. The molecule has 0 heterocycles. The lowest BCUT2D eigenvalue weighted by atomic mass is 9.97. The summed E-state index contributed by atoms with van der Waals surface area (Å²) in [6.45, 7) is 20.4. The van der Waals surface area contributed by atoms with Gasteiger partial charge in [0.2, 0.25) is 5.91 Å². The Morgan fingerprint density at radius 1 is 0.933 bits per heavy atom. The Morgan fingerprint density at radius 2 is 1.37 bits per heavy atom. The minimum absolute atomic E-state index is 0.0177. The Hall–Kier alpha value is -1.93. The molecule has 0 fully saturated rings. The fourth-order valence-corrected chi connectivity index (χ4v) is 2.50. The molecule has 8 nitrogen and oxygen atoms in total. The maximum atomic E-state index is 12.5. The SMILES string of the molecule is C=C(CCCC(=O)NC(CNC(C)(C)/C(C)=N/O)CNC(C)(C)/C(C)=N/O)C(C)C. The molecule has 0 aromatic heterocycles. The van der Waals surface area contributed by atoms with Crippen molar-refractivity contribution in [3.8, 4) is 0 Å². The summed E-state index contributed by atoms with van der Waals surface area (Å²) in [6.07, 6.45) is 2.04. The first kappa shape index (κ1) is 28.1. The van der Waals surface area contributed by atoms with Crippen molar-refractivity contribution in [3.63, 3.8) is 0 Å². The van der Waals surface area contributed by atoms with Gasteiger partial charge in [-0.2, -0.15) is 0 Å². The second-order valence-corrected chi connectivity index (χ2v) is 9.31. The molecule has 30 heavy (non-hydrogen) atoms. The van der Waals surface area contributed by atoms with Crippen molar-refractivity contribution < 1.29 is 15.2 Å². The van der Waals surface area contributed by atoms with Gasteiger partial charge in [-0.3, -0.25) is 4.79 Å². The van der Waals surface area contributed by atoms with E-state index in [4.69, 9.17) is 10.4 Å². The zero-order valence-corrected chi connectivity index (χ0v) is 20.1. The van der Waals surface area contributed by atoms with Crippen molar-refractivity contribution in [1.29, 1.82) is 0 Å². The number of allylic oxidation sites excluding steroid dienone is 1. The summed E-state index contributed by atoms with van der Waals surface area (Å²) in [5.41, 5.74) is 1.21. The molecule has 0 unspecified atom stereocenters. The van der Waals surface area contributed by atoms with E-state index in [1.165, 1.54) is 0 Å². The number of carbonyl (C=O) groups is 1. The van der Waals surface area contributed by atoms with Crippen molar-refractivity contribution >= 4 is 17.3 Å². The maximum absolute atomic E-state index is 12.5. The molecule has 0 saturated carbocycles. The Labute approximate surface area is 182 Å². The highest BCUT2D eigenvalue weighted by Crippen LogP contribution is 2.14. The quantitative estimate of drug-likeness (QED) is 0.127. The number of hydrogen-bond acceptors (Lipinski definition) is 7. The number of carbonyl (C=O) groups excluding carboxylic acids is 1. The third kappa shape index (κ3) is 10.2. The standard InChI is InChI=1S/C22H43N5O3/c1-15(2)16(3)11-10-12-20(28)25-19(13-23-21(6,7)17(4)26-29)14-24-22(8,9)18(5)27-30/h15,19,23-24,29-30H,3,10-14H2,1-2,4-9H3,(H,25,28)/b26-17+,27-18+. The van der Waals surface area contributed by atoms with Crippen LogP contribution in [0.15, 0.2) is 22.5 Å². The molecule has 0 rings (SSSR count). The summed E-state index contributed by atoms with van der Waals surface area (Å²) in [6, 6.07) is -0.206. The van der Waals surface area contributed by atoms with Crippen molar-refractivity contribution in [1.82, 2.24) is 16.0 Å². The number of amides is 1. The molecule has 0 aliphatic rings. The summed E-state index contributed by atoms with van der Waals surface area (Å²) in [5, 5.41) is 34.5. The summed E-state index contributed by atoms with van der Waals surface area (Å²) < 4.78 is 0. The topological polar surface area (TPSA) is 118 Å². The minimum atomic E-state index is -0.523. The molecule has 0 atom stereocenters. The van der Waals surface area contributed by atoms with Crippen LogP contribution >= 0.6 is 0 Å². The van der Waals surface area contributed by atoms with E-state index >= 15 is 0 Å². The van der Waals surface area contributed by atoms with Crippen LogP contribution in [0.4, 0.5) is 0 Å². The van der Waals surface area contributed by atoms with Crippen LogP contribution in [0.25, 0.3) is 0 Å². The molecule has 0 aromatic carbocycles. The Morgan fingerprint density at radius 3 is 1.73 bits per heavy atom. The van der Waals surface area contributed by atoms with Crippen molar-refractivity contribution in [2.45, 2.75) is 91.8 Å². The molecule has 174 valence electrons. The van der Waals surface area contributed by atoms with Crippen LogP contribution in [-0.4, -0.2) is 58.0 Å². The van der Waals surface area contributed by atoms with Gasteiger partial charge in [0.05, 0.1) is 28.5 Å². The average Bonchev–Trinajstić information content (AvgIpc) is 2.68. The first-order valence-electron chi connectivity index (χ1n) is 10.6. The van der Waals surface area contributed by atoms with E-state index in [9.17, 15) is 4.79 Å². The van der Waals surface area contributed by atoms with Crippen molar-refractivity contribution in [2.75, 3.05) is 13.1 Å². The van der Waals surface area contributed by atoms with Crippen LogP contribution in [0.3, 0.4) is 0 Å². The van der Waals surface area contributed by atoms with Crippen LogP contribution in [-0.2, 0) is 4.79 Å². The van der Waals surface area contributed by atoms with E-state index in [-0.39, 0.29) is 11.9 Å². The molecular weight excluding hydrogens is 382 g/mol. The summed E-state index contributed by atoms with van der Waals surface area (Å²) in [4.78, 5) is 12.5. The Kier molecular flexibility index (Phi) is 11.9. The summed E-state index contributed by atoms with van der Waals surface area (Å²) in [5.74, 6) is 0.405. The molecular formula is C22H43N5O3. The van der Waals surface area contributed by atoms with Gasteiger partial charge in [-0.25, -0.2) is 0 Å². The first-order valence-corrected chi connectivity index (χ1v) is 10.6. The molecule has 0 bridgehead atoms. The predicted octanol–water partition coefficient (Wildman–Crippen LogP) is 3.29. The van der Waals surface area contributed by atoms with Gasteiger partial charge < -0.3 is 26.4 Å².